The lowest BCUT2D eigenvalue weighted by molar-refractivity contribution is 0.626. The summed E-state index contributed by atoms with van der Waals surface area (Å²) in [6.07, 6.45) is 3.02. The Morgan fingerprint density at radius 1 is 1.64 bits per heavy atom. The predicted octanol–water partition coefficient (Wildman–Crippen LogP) is 2.14. The molecule has 0 aliphatic rings. The van der Waals surface area contributed by atoms with Gasteiger partial charge in [0.2, 0.25) is 0 Å². The van der Waals surface area contributed by atoms with E-state index in [1.165, 1.54) is 0 Å². The maximum atomic E-state index is 4.02. The van der Waals surface area contributed by atoms with Crippen molar-refractivity contribution in [3.63, 3.8) is 0 Å². The van der Waals surface area contributed by atoms with E-state index in [4.69, 9.17) is 0 Å². The molecule has 1 atom stereocenters. The maximum absolute atomic E-state index is 4.02. The number of aryl methyl sites for hydroxylation is 1. The van der Waals surface area contributed by atoms with Crippen LogP contribution in [0.2, 0.25) is 0 Å². The van der Waals surface area contributed by atoms with E-state index in [1.807, 2.05) is 17.8 Å². The quantitative estimate of drug-likeness (QED) is 0.727. The van der Waals surface area contributed by atoms with Gasteiger partial charge in [-0.25, -0.2) is 0 Å². The highest BCUT2D eigenvalue weighted by Crippen LogP contribution is 2.22. The molecule has 62 valence electrons. The molecule has 0 saturated carbocycles. The molecular weight excluding hydrogens is 206 g/mol. The van der Waals surface area contributed by atoms with Crippen molar-refractivity contribution in [2.75, 3.05) is 0 Å². The number of hydrogen-bond donors (Lipinski definition) is 0. The molecule has 4 heteroatoms. The molecule has 1 unspecified atom stereocenters. The van der Waals surface area contributed by atoms with Gasteiger partial charge in [-0.15, -0.1) is 5.10 Å². The zero-order valence-electron chi connectivity index (χ0n) is 6.79. The fourth-order valence-electron chi connectivity index (χ4n) is 0.821. The Kier molecular flexibility index (Phi) is 3.05. The van der Waals surface area contributed by atoms with Crippen molar-refractivity contribution in [2.45, 2.75) is 31.6 Å². The highest BCUT2D eigenvalue weighted by Gasteiger charge is 2.07. The average Bonchev–Trinajstić information content (AvgIpc) is 2.50. The third-order valence-corrected chi connectivity index (χ3v) is 2.68. The van der Waals surface area contributed by atoms with Crippen LogP contribution < -0.4 is 0 Å². The minimum Gasteiger partial charge on any atom is -0.253 e. The Bertz CT molecular complexity index is 221. The predicted molar refractivity (Wildman–Crippen MR) is 47.7 cm³/mol. The van der Waals surface area contributed by atoms with Crippen LogP contribution in [0.25, 0.3) is 0 Å². The lowest BCUT2D eigenvalue weighted by Gasteiger charge is -1.98. The monoisotopic (exact) mass is 217 g/mol. The van der Waals surface area contributed by atoms with Gasteiger partial charge in [0.1, 0.15) is 0 Å². The van der Waals surface area contributed by atoms with Crippen LogP contribution in [-0.2, 0) is 6.54 Å². The molecule has 0 fully saturated rings. The zero-order valence-corrected chi connectivity index (χ0v) is 8.37. The molecule has 0 bridgehead atoms. The summed E-state index contributed by atoms with van der Waals surface area (Å²) in [4.78, 5) is 0.350. The molecule has 0 amide bonds. The Hall–Kier alpha value is -0.380. The molecule has 1 aromatic heterocycles. The highest BCUT2D eigenvalue weighted by molar-refractivity contribution is 9.09. The second-order valence-electron chi connectivity index (χ2n) is 2.37. The minimum atomic E-state index is 0.350. The molecule has 1 heterocycles. The van der Waals surface area contributed by atoms with Crippen molar-refractivity contribution < 1.29 is 0 Å². The summed E-state index contributed by atoms with van der Waals surface area (Å²) in [6, 6.07) is 0. The molecule has 3 nitrogen and oxygen atoms in total. The lowest BCUT2D eigenvalue weighted by atomic mass is 10.3. The third kappa shape index (κ3) is 2.02. The lowest BCUT2D eigenvalue weighted by Crippen LogP contribution is -1.93. The van der Waals surface area contributed by atoms with Crippen LogP contribution in [0.5, 0.6) is 0 Å². The summed E-state index contributed by atoms with van der Waals surface area (Å²) < 4.78 is 1.83. The molecule has 0 saturated heterocycles. The number of aromatic nitrogens is 3. The van der Waals surface area contributed by atoms with Crippen LogP contribution in [0, 0.1) is 0 Å². The Morgan fingerprint density at radius 2 is 2.36 bits per heavy atom. The van der Waals surface area contributed by atoms with Gasteiger partial charge in [0.25, 0.3) is 0 Å². The largest absolute Gasteiger partial charge is 0.253 e. The van der Waals surface area contributed by atoms with Crippen molar-refractivity contribution in [3.05, 3.63) is 11.9 Å². The second kappa shape index (κ2) is 3.85. The van der Waals surface area contributed by atoms with Crippen LogP contribution in [0.15, 0.2) is 6.20 Å². The van der Waals surface area contributed by atoms with Crippen LogP contribution in [0.4, 0.5) is 0 Å². The van der Waals surface area contributed by atoms with E-state index in [2.05, 4.69) is 33.2 Å². The third-order valence-electron chi connectivity index (χ3n) is 1.56. The first-order chi connectivity index (χ1) is 5.27. The number of halogens is 1. The van der Waals surface area contributed by atoms with Crippen LogP contribution in [0.1, 0.15) is 30.8 Å². The van der Waals surface area contributed by atoms with Gasteiger partial charge in [-0.2, -0.15) is 0 Å². The van der Waals surface area contributed by atoms with Crippen LogP contribution in [0.3, 0.4) is 0 Å². The van der Waals surface area contributed by atoms with Gasteiger partial charge in [0.05, 0.1) is 10.5 Å². The smallest absolute Gasteiger partial charge is 0.0963 e. The molecule has 0 radical (unpaired) electrons. The summed E-state index contributed by atoms with van der Waals surface area (Å²) >= 11 is 3.51. The number of alkyl halides is 1. The van der Waals surface area contributed by atoms with Crippen LogP contribution >= 0.6 is 15.9 Å². The first kappa shape index (κ1) is 8.71. The number of hydrogen-bond acceptors (Lipinski definition) is 2. The van der Waals surface area contributed by atoms with Crippen molar-refractivity contribution in [1.82, 2.24) is 15.0 Å². The van der Waals surface area contributed by atoms with Gasteiger partial charge >= 0.3 is 0 Å². The van der Waals surface area contributed by atoms with Crippen molar-refractivity contribution >= 4 is 15.9 Å². The topological polar surface area (TPSA) is 30.7 Å². The van der Waals surface area contributed by atoms with Gasteiger partial charge in [-0.05, 0) is 13.3 Å². The maximum Gasteiger partial charge on any atom is 0.0963 e. The van der Waals surface area contributed by atoms with Crippen molar-refractivity contribution in [1.29, 1.82) is 0 Å². The SMILES string of the molecule is CCC(Br)c1cn(CC)nn1. The van der Waals surface area contributed by atoms with E-state index < -0.39 is 0 Å². The van der Waals surface area contributed by atoms with E-state index in [-0.39, 0.29) is 0 Å². The normalized spacial score (nSPS) is 13.4. The van der Waals surface area contributed by atoms with Crippen LogP contribution in [-0.4, -0.2) is 15.0 Å². The minimum absolute atomic E-state index is 0.350. The summed E-state index contributed by atoms with van der Waals surface area (Å²) in [5.74, 6) is 0. The Balaban J connectivity index is 2.71. The Morgan fingerprint density at radius 3 is 2.82 bits per heavy atom. The van der Waals surface area contributed by atoms with E-state index >= 15 is 0 Å². The molecule has 0 N–H and O–H groups in total. The van der Waals surface area contributed by atoms with E-state index in [0.29, 0.717) is 4.83 Å². The van der Waals surface area contributed by atoms with Gasteiger partial charge in [0.15, 0.2) is 0 Å². The van der Waals surface area contributed by atoms with E-state index in [9.17, 15) is 0 Å². The van der Waals surface area contributed by atoms with Gasteiger partial charge in [0, 0.05) is 12.7 Å². The molecule has 0 aliphatic heterocycles. The highest BCUT2D eigenvalue weighted by atomic mass is 79.9. The summed E-state index contributed by atoms with van der Waals surface area (Å²) in [7, 11) is 0. The Labute approximate surface area is 74.9 Å². The van der Waals surface area contributed by atoms with Gasteiger partial charge in [-0.1, -0.05) is 28.1 Å². The molecule has 0 aliphatic carbocycles. The van der Waals surface area contributed by atoms with E-state index in [0.717, 1.165) is 18.7 Å². The standard InChI is InChI=1S/C7H12BrN3/c1-3-6(8)7-5-11(4-2)10-9-7/h5-6H,3-4H2,1-2H3. The molecule has 1 rings (SSSR count). The number of nitrogens with zero attached hydrogens (tertiary/aromatic N) is 3. The molecule has 11 heavy (non-hydrogen) atoms. The summed E-state index contributed by atoms with van der Waals surface area (Å²) in [5.41, 5.74) is 1.02. The van der Waals surface area contributed by atoms with E-state index in [1.54, 1.807) is 0 Å². The fraction of sp³-hybridized carbons (Fsp3) is 0.714. The second-order valence-corrected chi connectivity index (χ2v) is 3.48. The first-order valence-corrected chi connectivity index (χ1v) is 4.73. The average molecular weight is 218 g/mol. The molecular formula is C7H12BrN3. The number of rotatable bonds is 3. The molecule has 0 aromatic carbocycles. The first-order valence-electron chi connectivity index (χ1n) is 3.82. The van der Waals surface area contributed by atoms with Crippen molar-refractivity contribution in [3.8, 4) is 0 Å². The summed E-state index contributed by atoms with van der Waals surface area (Å²) in [5, 5.41) is 7.96. The van der Waals surface area contributed by atoms with Crippen molar-refractivity contribution in [2.24, 2.45) is 0 Å². The van der Waals surface area contributed by atoms with Gasteiger partial charge in [-0.3, -0.25) is 4.68 Å². The zero-order chi connectivity index (χ0) is 8.27. The fourth-order valence-corrected chi connectivity index (χ4v) is 1.03. The molecule has 1 aromatic rings. The van der Waals surface area contributed by atoms with Gasteiger partial charge < -0.3 is 0 Å². The molecule has 0 spiro atoms. The summed E-state index contributed by atoms with van der Waals surface area (Å²) in [6.45, 7) is 5.05.